The fourth-order valence-corrected chi connectivity index (χ4v) is 6.78. The van der Waals surface area contributed by atoms with Gasteiger partial charge in [-0.3, -0.25) is 15.0 Å². The average Bonchev–Trinajstić information content (AvgIpc) is 3.09. The molecular formula is C42H86ClN5O2. The molecule has 0 rings (SSSR count). The molecule has 0 fully saturated rings. The lowest BCUT2D eigenvalue weighted by molar-refractivity contribution is -0.137. The normalized spacial score (nSPS) is 11.6. The van der Waals surface area contributed by atoms with Crippen LogP contribution in [-0.4, -0.2) is 48.3 Å². The maximum atomic E-state index is 13.8. The minimum Gasteiger partial charge on any atom is -0.370 e. The van der Waals surface area contributed by atoms with E-state index in [1.165, 1.54) is 148 Å². The number of hydrogen-bond acceptors (Lipinski definition) is 3. The highest BCUT2D eigenvalue weighted by Crippen LogP contribution is 2.16. The van der Waals surface area contributed by atoms with Gasteiger partial charge >= 0.3 is 0 Å². The standard InChI is InChI=1S/C42H85N5O2.ClH/c1-4-7-10-13-14-15-16-17-18-19-20-21-22-23-24-25-26-27-30-35-40(48)46-39(34-33-36-45-42(43)44)41(49)47(37-31-28-11-8-5-2)38-32-29-12-9-6-3;/h39H,4-38H2,1-3H3,(H,46,48)(H4,43,44,45);1H/t39-;/m0./s1. The molecule has 50 heavy (non-hydrogen) atoms. The summed E-state index contributed by atoms with van der Waals surface area (Å²) >= 11 is 0. The van der Waals surface area contributed by atoms with Gasteiger partial charge in [-0.2, -0.15) is 0 Å². The Balaban J connectivity index is 0. The van der Waals surface area contributed by atoms with Crippen LogP contribution in [0.1, 0.15) is 226 Å². The molecule has 0 aliphatic heterocycles. The van der Waals surface area contributed by atoms with Crippen molar-refractivity contribution in [2.45, 2.75) is 232 Å². The number of nitrogens with one attached hydrogen (secondary N) is 3. The first-order valence-electron chi connectivity index (χ1n) is 21.6. The number of unbranched alkanes of at least 4 members (excludes halogenated alkanes) is 26. The number of carbonyl (C=O) groups is 2. The predicted octanol–water partition coefficient (Wildman–Crippen LogP) is 11.7. The van der Waals surface area contributed by atoms with Crippen molar-refractivity contribution in [3.05, 3.63) is 0 Å². The number of amides is 2. The van der Waals surface area contributed by atoms with Crippen LogP contribution in [-0.2, 0) is 9.59 Å². The summed E-state index contributed by atoms with van der Waals surface area (Å²) in [6, 6.07) is -0.507. The molecule has 0 heterocycles. The van der Waals surface area contributed by atoms with E-state index in [1.54, 1.807) is 0 Å². The topological polar surface area (TPSA) is 111 Å². The highest BCUT2D eigenvalue weighted by Gasteiger charge is 2.25. The first-order chi connectivity index (χ1) is 24.0. The summed E-state index contributed by atoms with van der Waals surface area (Å²) in [5.74, 6) is 0.00283. The molecule has 0 aliphatic rings. The number of nitrogens with two attached hydrogens (primary N) is 1. The van der Waals surface area contributed by atoms with Gasteiger partial charge in [0, 0.05) is 26.1 Å². The number of nitrogens with zero attached hydrogens (tertiary/aromatic N) is 1. The largest absolute Gasteiger partial charge is 0.370 e. The molecule has 8 heteroatoms. The van der Waals surface area contributed by atoms with Crippen LogP contribution < -0.4 is 16.4 Å². The van der Waals surface area contributed by atoms with E-state index >= 15 is 0 Å². The Labute approximate surface area is 317 Å². The summed E-state index contributed by atoms with van der Waals surface area (Å²) in [5.41, 5.74) is 5.46. The highest BCUT2D eigenvalue weighted by molar-refractivity contribution is 5.87. The van der Waals surface area contributed by atoms with Crippen molar-refractivity contribution in [3.8, 4) is 0 Å². The summed E-state index contributed by atoms with van der Waals surface area (Å²) in [4.78, 5) is 28.9. The first-order valence-corrected chi connectivity index (χ1v) is 21.6. The number of hydrogen-bond donors (Lipinski definition) is 4. The Morgan fingerprint density at radius 3 is 1.24 bits per heavy atom. The van der Waals surface area contributed by atoms with E-state index in [0.717, 1.165) is 51.6 Å². The second-order valence-electron chi connectivity index (χ2n) is 14.9. The summed E-state index contributed by atoms with van der Waals surface area (Å²) in [7, 11) is 0. The molecule has 0 spiro atoms. The van der Waals surface area contributed by atoms with Gasteiger partial charge < -0.3 is 21.3 Å². The van der Waals surface area contributed by atoms with Crippen LogP contribution in [0.3, 0.4) is 0 Å². The summed E-state index contributed by atoms with van der Waals surface area (Å²) in [6.07, 6.45) is 38.8. The van der Waals surface area contributed by atoms with Gasteiger partial charge in [0.2, 0.25) is 11.8 Å². The van der Waals surface area contributed by atoms with Crippen molar-refractivity contribution in [3.63, 3.8) is 0 Å². The zero-order valence-electron chi connectivity index (χ0n) is 33.6. The van der Waals surface area contributed by atoms with Gasteiger partial charge in [-0.1, -0.05) is 188 Å². The molecule has 0 saturated carbocycles. The van der Waals surface area contributed by atoms with Crippen molar-refractivity contribution in [2.24, 2.45) is 5.73 Å². The van der Waals surface area contributed by atoms with Crippen molar-refractivity contribution < 1.29 is 9.59 Å². The van der Waals surface area contributed by atoms with E-state index in [4.69, 9.17) is 11.1 Å². The Morgan fingerprint density at radius 2 is 0.880 bits per heavy atom. The lowest BCUT2D eigenvalue weighted by Crippen LogP contribution is -2.49. The van der Waals surface area contributed by atoms with Gasteiger partial charge in [-0.15, -0.1) is 12.4 Å². The fraction of sp³-hybridized carbons (Fsp3) is 0.929. The van der Waals surface area contributed by atoms with Gasteiger partial charge in [-0.25, -0.2) is 0 Å². The third-order valence-electron chi connectivity index (χ3n) is 10.0. The molecule has 0 aromatic rings. The SMILES string of the molecule is CCCCCCCCCCCCCCCCCCCCCC(=O)N[C@@H](CCCNC(=N)N)C(=O)N(CCCCCCC)CCCCCCC.Cl. The molecule has 2 amide bonds. The van der Waals surface area contributed by atoms with Gasteiger partial charge in [-0.05, 0) is 32.1 Å². The molecule has 0 aromatic carbocycles. The fourth-order valence-electron chi connectivity index (χ4n) is 6.78. The van der Waals surface area contributed by atoms with Crippen LogP contribution in [0.25, 0.3) is 0 Å². The maximum Gasteiger partial charge on any atom is 0.245 e. The van der Waals surface area contributed by atoms with E-state index in [1.807, 2.05) is 4.90 Å². The van der Waals surface area contributed by atoms with Gasteiger partial charge in [0.1, 0.15) is 6.04 Å². The maximum absolute atomic E-state index is 13.8. The second-order valence-corrected chi connectivity index (χ2v) is 14.9. The van der Waals surface area contributed by atoms with E-state index in [-0.39, 0.29) is 30.2 Å². The van der Waals surface area contributed by atoms with E-state index in [2.05, 4.69) is 31.4 Å². The van der Waals surface area contributed by atoms with Crippen LogP contribution in [0.15, 0.2) is 0 Å². The highest BCUT2D eigenvalue weighted by atomic mass is 35.5. The number of rotatable bonds is 38. The molecule has 0 unspecified atom stereocenters. The van der Waals surface area contributed by atoms with E-state index in [0.29, 0.717) is 25.8 Å². The molecule has 7 nitrogen and oxygen atoms in total. The minimum atomic E-state index is -0.507. The average molecular weight is 729 g/mol. The molecule has 0 aromatic heterocycles. The molecule has 0 saturated heterocycles. The second kappa shape index (κ2) is 40.3. The Bertz CT molecular complexity index is 740. The summed E-state index contributed by atoms with van der Waals surface area (Å²) in [6.45, 7) is 8.81. The Kier molecular flexibility index (Phi) is 40.8. The van der Waals surface area contributed by atoms with Crippen LogP contribution in [0.4, 0.5) is 0 Å². The van der Waals surface area contributed by atoms with Gasteiger partial charge in [0.05, 0.1) is 0 Å². The molecule has 0 radical (unpaired) electrons. The Morgan fingerprint density at radius 1 is 0.540 bits per heavy atom. The monoisotopic (exact) mass is 728 g/mol. The quantitative estimate of drug-likeness (QED) is 0.0288. The molecular weight excluding hydrogens is 642 g/mol. The van der Waals surface area contributed by atoms with Crippen molar-refractivity contribution in [1.29, 1.82) is 5.41 Å². The van der Waals surface area contributed by atoms with Crippen LogP contribution in [0.2, 0.25) is 0 Å². The van der Waals surface area contributed by atoms with E-state index in [9.17, 15) is 9.59 Å². The smallest absolute Gasteiger partial charge is 0.245 e. The molecule has 0 bridgehead atoms. The third kappa shape index (κ3) is 34.9. The predicted molar refractivity (Wildman–Crippen MR) is 220 cm³/mol. The van der Waals surface area contributed by atoms with E-state index < -0.39 is 6.04 Å². The van der Waals surface area contributed by atoms with Crippen LogP contribution in [0, 0.1) is 5.41 Å². The van der Waals surface area contributed by atoms with Gasteiger partial charge in [0.25, 0.3) is 0 Å². The summed E-state index contributed by atoms with van der Waals surface area (Å²) < 4.78 is 0. The molecule has 0 aliphatic carbocycles. The molecule has 298 valence electrons. The van der Waals surface area contributed by atoms with Gasteiger partial charge in [0.15, 0.2) is 5.96 Å². The number of guanidine groups is 1. The zero-order valence-corrected chi connectivity index (χ0v) is 34.4. The lowest BCUT2D eigenvalue weighted by atomic mass is 10.0. The zero-order chi connectivity index (χ0) is 36.0. The van der Waals surface area contributed by atoms with Crippen LogP contribution in [0.5, 0.6) is 0 Å². The lowest BCUT2D eigenvalue weighted by Gasteiger charge is -2.28. The van der Waals surface area contributed by atoms with Crippen molar-refractivity contribution in [1.82, 2.24) is 15.5 Å². The molecule has 1 atom stereocenters. The van der Waals surface area contributed by atoms with Crippen molar-refractivity contribution in [2.75, 3.05) is 19.6 Å². The minimum absolute atomic E-state index is 0. The third-order valence-corrected chi connectivity index (χ3v) is 10.0. The number of halogens is 1. The Hall–Kier alpha value is -1.50. The summed E-state index contributed by atoms with van der Waals surface area (Å²) in [5, 5.41) is 13.4. The number of carbonyl (C=O) groups excluding carboxylic acids is 2. The first kappa shape index (κ1) is 50.6. The molecule has 5 N–H and O–H groups in total. The van der Waals surface area contributed by atoms with Crippen molar-refractivity contribution >= 4 is 30.2 Å². The van der Waals surface area contributed by atoms with Crippen LogP contribution >= 0.6 is 12.4 Å².